The van der Waals surface area contributed by atoms with Crippen LogP contribution in [-0.2, 0) is 32.0 Å². The van der Waals surface area contributed by atoms with Crippen LogP contribution >= 0.6 is 0 Å². The molecular weight excluding hydrogens is 486 g/mol. The largest absolute Gasteiger partial charge is 0.509 e. The number of hydrogen-bond acceptors (Lipinski definition) is 6. The fraction of sp³-hybridized carbons (Fsp3) is 0.300. The van der Waals surface area contributed by atoms with Crippen LogP contribution < -0.4 is 5.32 Å². The first-order valence-corrected chi connectivity index (χ1v) is 12.4. The Morgan fingerprint density at radius 1 is 0.842 bits per heavy atom. The summed E-state index contributed by atoms with van der Waals surface area (Å²) >= 11 is 0. The number of fused-ring (bicyclic) bond motifs is 3. The van der Waals surface area contributed by atoms with Gasteiger partial charge in [0.2, 0.25) is 0 Å². The highest BCUT2D eigenvalue weighted by Crippen LogP contribution is 2.44. The summed E-state index contributed by atoms with van der Waals surface area (Å²) < 4.78 is 15.7. The molecule has 1 aliphatic carbocycles. The molecule has 0 saturated heterocycles. The number of ether oxygens (including phenoxy) is 3. The molecule has 2 N–H and O–H groups in total. The minimum atomic E-state index is -1.17. The lowest BCUT2D eigenvalue weighted by atomic mass is 9.98. The van der Waals surface area contributed by atoms with Gasteiger partial charge in [0.15, 0.2) is 0 Å². The molecule has 0 heterocycles. The Morgan fingerprint density at radius 2 is 1.39 bits per heavy atom. The standard InChI is InChI=1S/C30H31NO7/c1-30(2,3)38-29(35)37-17-20-14-12-19(13-15-20)16-26(27(32)33)31-28(34)36-18-25-23-10-6-4-8-21(23)22-9-5-7-11-24(22)25/h4-15,25-26H,16-18H2,1-3H3,(H,31,34)(H,32,33). The van der Waals surface area contributed by atoms with Gasteiger partial charge >= 0.3 is 18.2 Å². The van der Waals surface area contributed by atoms with E-state index in [9.17, 15) is 19.5 Å². The molecule has 0 aliphatic heterocycles. The zero-order valence-corrected chi connectivity index (χ0v) is 21.6. The summed E-state index contributed by atoms with van der Waals surface area (Å²) in [6, 6.07) is 21.7. The van der Waals surface area contributed by atoms with Gasteiger partial charge in [-0.3, -0.25) is 0 Å². The number of rotatable bonds is 8. The fourth-order valence-electron chi connectivity index (χ4n) is 4.41. The lowest BCUT2D eigenvalue weighted by molar-refractivity contribution is -0.139. The van der Waals surface area contributed by atoms with Gasteiger partial charge in [-0.25, -0.2) is 14.4 Å². The van der Waals surface area contributed by atoms with Crippen LogP contribution in [0.5, 0.6) is 0 Å². The van der Waals surface area contributed by atoms with Crippen LogP contribution in [0, 0.1) is 0 Å². The molecule has 38 heavy (non-hydrogen) atoms. The number of carboxylic acids is 1. The van der Waals surface area contributed by atoms with Crippen LogP contribution in [0.1, 0.15) is 48.9 Å². The van der Waals surface area contributed by atoms with E-state index < -0.39 is 29.9 Å². The van der Waals surface area contributed by atoms with Crippen molar-refractivity contribution in [2.75, 3.05) is 6.61 Å². The Kier molecular flexibility index (Phi) is 8.00. The molecule has 0 saturated carbocycles. The average Bonchev–Trinajstić information content (AvgIpc) is 3.19. The van der Waals surface area contributed by atoms with Crippen LogP contribution in [0.3, 0.4) is 0 Å². The summed E-state index contributed by atoms with van der Waals surface area (Å²) in [5, 5.41) is 12.1. The monoisotopic (exact) mass is 517 g/mol. The summed E-state index contributed by atoms with van der Waals surface area (Å²) in [5.41, 5.74) is 5.14. The second kappa shape index (κ2) is 11.4. The van der Waals surface area contributed by atoms with Crippen molar-refractivity contribution in [2.45, 2.75) is 51.4 Å². The minimum Gasteiger partial charge on any atom is -0.480 e. The van der Waals surface area contributed by atoms with Gasteiger partial charge in [0.05, 0.1) is 0 Å². The van der Waals surface area contributed by atoms with Crippen LogP contribution in [0.2, 0.25) is 0 Å². The number of carbonyl (C=O) groups is 3. The van der Waals surface area contributed by atoms with E-state index in [1.54, 1.807) is 45.0 Å². The molecule has 4 rings (SSSR count). The Hall–Kier alpha value is -4.33. The Balaban J connectivity index is 1.31. The second-order valence-corrected chi connectivity index (χ2v) is 10.1. The van der Waals surface area contributed by atoms with E-state index in [-0.39, 0.29) is 25.6 Å². The minimum absolute atomic E-state index is 0.0234. The summed E-state index contributed by atoms with van der Waals surface area (Å²) in [4.78, 5) is 36.1. The molecule has 1 aliphatic rings. The molecule has 198 valence electrons. The number of aliphatic carboxylic acids is 1. The maximum Gasteiger partial charge on any atom is 0.509 e. The number of nitrogens with one attached hydrogen (secondary N) is 1. The van der Waals surface area contributed by atoms with Crippen LogP contribution in [0.4, 0.5) is 9.59 Å². The van der Waals surface area contributed by atoms with E-state index in [1.807, 2.05) is 48.5 Å². The number of alkyl carbamates (subject to hydrolysis) is 1. The third-order valence-corrected chi connectivity index (χ3v) is 6.14. The zero-order valence-electron chi connectivity index (χ0n) is 21.6. The van der Waals surface area contributed by atoms with E-state index in [1.165, 1.54) is 0 Å². The van der Waals surface area contributed by atoms with E-state index >= 15 is 0 Å². The molecule has 0 fully saturated rings. The van der Waals surface area contributed by atoms with E-state index in [2.05, 4.69) is 5.32 Å². The van der Waals surface area contributed by atoms with E-state index in [0.717, 1.165) is 27.8 Å². The predicted octanol–water partition coefficient (Wildman–Crippen LogP) is 5.67. The van der Waals surface area contributed by atoms with Crippen molar-refractivity contribution in [3.8, 4) is 11.1 Å². The third-order valence-electron chi connectivity index (χ3n) is 6.14. The summed E-state index contributed by atoms with van der Waals surface area (Å²) in [6.07, 6.45) is -1.49. The molecule has 3 aromatic carbocycles. The maximum absolute atomic E-state index is 12.6. The molecule has 0 spiro atoms. The maximum atomic E-state index is 12.6. The quantitative estimate of drug-likeness (QED) is 0.370. The van der Waals surface area contributed by atoms with Crippen molar-refractivity contribution in [1.29, 1.82) is 0 Å². The summed E-state index contributed by atoms with van der Waals surface area (Å²) in [6.45, 7) is 5.36. The number of carboxylic acid groups (broad SMARTS) is 1. The lowest BCUT2D eigenvalue weighted by Gasteiger charge is -2.19. The molecule has 8 heteroatoms. The highest BCUT2D eigenvalue weighted by atomic mass is 16.7. The number of amides is 1. The molecule has 0 aromatic heterocycles. The smallest absolute Gasteiger partial charge is 0.480 e. The Bertz CT molecular complexity index is 1270. The normalized spacial score (nSPS) is 13.1. The number of hydrogen-bond donors (Lipinski definition) is 2. The van der Waals surface area contributed by atoms with Crippen LogP contribution in [0.25, 0.3) is 11.1 Å². The number of benzene rings is 3. The first-order chi connectivity index (χ1) is 18.1. The Morgan fingerprint density at radius 3 is 1.95 bits per heavy atom. The number of carbonyl (C=O) groups excluding carboxylic acids is 2. The van der Waals surface area contributed by atoms with E-state index in [4.69, 9.17) is 14.2 Å². The average molecular weight is 518 g/mol. The molecule has 0 radical (unpaired) electrons. The van der Waals surface area contributed by atoms with Gasteiger partial charge < -0.3 is 24.6 Å². The SMILES string of the molecule is CC(C)(C)OC(=O)OCc1ccc(CC(NC(=O)OCC2c3ccccc3-c3ccccc32)C(=O)O)cc1. The van der Waals surface area contributed by atoms with Crippen molar-refractivity contribution in [3.63, 3.8) is 0 Å². The Labute approximate surface area is 221 Å². The van der Waals surface area contributed by atoms with Crippen LogP contribution in [0.15, 0.2) is 72.8 Å². The van der Waals surface area contributed by atoms with Gasteiger partial charge in [0, 0.05) is 12.3 Å². The van der Waals surface area contributed by atoms with Crippen molar-refractivity contribution in [1.82, 2.24) is 5.32 Å². The summed E-state index contributed by atoms with van der Waals surface area (Å²) in [7, 11) is 0. The van der Waals surface area contributed by atoms with Crippen molar-refractivity contribution in [3.05, 3.63) is 95.1 Å². The molecule has 1 unspecified atom stereocenters. The predicted molar refractivity (Wildman–Crippen MR) is 141 cm³/mol. The fourth-order valence-corrected chi connectivity index (χ4v) is 4.41. The van der Waals surface area contributed by atoms with Gasteiger partial charge in [-0.1, -0.05) is 72.8 Å². The molecule has 0 bridgehead atoms. The third kappa shape index (κ3) is 6.70. The van der Waals surface area contributed by atoms with Crippen molar-refractivity contribution in [2.24, 2.45) is 0 Å². The first kappa shape index (κ1) is 26.7. The first-order valence-electron chi connectivity index (χ1n) is 12.4. The molecule has 8 nitrogen and oxygen atoms in total. The van der Waals surface area contributed by atoms with Gasteiger partial charge in [-0.05, 0) is 54.2 Å². The van der Waals surface area contributed by atoms with Crippen molar-refractivity contribution >= 4 is 18.2 Å². The van der Waals surface area contributed by atoms with Gasteiger partial charge in [0.25, 0.3) is 0 Å². The highest BCUT2D eigenvalue weighted by Gasteiger charge is 2.30. The molecule has 1 amide bonds. The van der Waals surface area contributed by atoms with Crippen LogP contribution in [-0.4, -0.2) is 41.6 Å². The molecule has 3 aromatic rings. The van der Waals surface area contributed by atoms with Gasteiger partial charge in [-0.2, -0.15) is 0 Å². The highest BCUT2D eigenvalue weighted by molar-refractivity contribution is 5.81. The van der Waals surface area contributed by atoms with Gasteiger partial charge in [0.1, 0.15) is 24.9 Å². The molecule has 1 atom stereocenters. The second-order valence-electron chi connectivity index (χ2n) is 10.1. The van der Waals surface area contributed by atoms with Gasteiger partial charge in [-0.15, -0.1) is 0 Å². The zero-order chi connectivity index (χ0) is 27.3. The lowest BCUT2D eigenvalue weighted by Crippen LogP contribution is -2.42. The molecular formula is C30H31NO7. The van der Waals surface area contributed by atoms with E-state index in [0.29, 0.717) is 5.56 Å². The topological polar surface area (TPSA) is 111 Å². The van der Waals surface area contributed by atoms with Crippen molar-refractivity contribution < 1.29 is 33.7 Å². The summed E-state index contributed by atoms with van der Waals surface area (Å²) in [5.74, 6) is -1.29.